The van der Waals surface area contributed by atoms with Gasteiger partial charge in [-0.1, -0.05) is 35.5 Å². The fourth-order valence-electron chi connectivity index (χ4n) is 3.62. The highest BCUT2D eigenvalue weighted by atomic mass is 35.5. The van der Waals surface area contributed by atoms with E-state index in [1.165, 1.54) is 0 Å². The van der Waals surface area contributed by atoms with Crippen LogP contribution in [0.1, 0.15) is 22.6 Å². The molecule has 124 valence electrons. The average molecular weight is 385 g/mol. The molecule has 2 aliphatic rings. The van der Waals surface area contributed by atoms with Crippen molar-refractivity contribution in [2.75, 3.05) is 6.61 Å². The van der Waals surface area contributed by atoms with Crippen molar-refractivity contribution >= 4 is 44.8 Å². The number of hydrogen-bond acceptors (Lipinski definition) is 4. The van der Waals surface area contributed by atoms with E-state index in [4.69, 9.17) is 16.3 Å². The summed E-state index contributed by atoms with van der Waals surface area (Å²) in [6.45, 7) is 2.52. The van der Waals surface area contributed by atoms with E-state index in [-0.39, 0.29) is 11.3 Å². The Kier molecular flexibility index (Phi) is 3.49. The molecule has 5 rings (SSSR count). The molecule has 0 fully saturated rings. The molecule has 0 bridgehead atoms. The van der Waals surface area contributed by atoms with Gasteiger partial charge < -0.3 is 4.74 Å². The van der Waals surface area contributed by atoms with Crippen LogP contribution in [0, 0.1) is 6.92 Å². The van der Waals surface area contributed by atoms with E-state index in [1.54, 1.807) is 23.1 Å². The molecule has 2 nitrogen and oxygen atoms in total. The van der Waals surface area contributed by atoms with Gasteiger partial charge in [0.25, 0.3) is 0 Å². The van der Waals surface area contributed by atoms with Gasteiger partial charge in [-0.25, -0.2) is 0 Å². The number of rotatable bonds is 0. The van der Waals surface area contributed by atoms with Crippen molar-refractivity contribution in [3.8, 4) is 5.75 Å². The normalized spacial score (nSPS) is 18.0. The van der Waals surface area contributed by atoms with E-state index >= 15 is 0 Å². The van der Waals surface area contributed by atoms with E-state index in [2.05, 4.69) is 5.41 Å². The first kappa shape index (κ1) is 15.5. The summed E-state index contributed by atoms with van der Waals surface area (Å²) in [5, 5.41) is 3.64. The number of benzene rings is 2. The van der Waals surface area contributed by atoms with Crippen LogP contribution in [0.3, 0.4) is 0 Å². The van der Waals surface area contributed by atoms with Gasteiger partial charge in [-0.3, -0.25) is 4.79 Å². The molecular weight excluding hydrogens is 372 g/mol. The first-order valence-corrected chi connectivity index (χ1v) is 10.1. The van der Waals surface area contributed by atoms with Crippen LogP contribution < -0.4 is 10.2 Å². The zero-order valence-corrected chi connectivity index (χ0v) is 15.7. The van der Waals surface area contributed by atoms with Crippen LogP contribution in [0.2, 0.25) is 5.02 Å². The van der Waals surface area contributed by atoms with Crippen LogP contribution in [-0.4, -0.2) is 6.61 Å². The van der Waals surface area contributed by atoms with Crippen LogP contribution in [0.15, 0.2) is 56.4 Å². The van der Waals surface area contributed by atoms with Gasteiger partial charge in [0.15, 0.2) is 5.43 Å². The standard InChI is InChI=1S/C20H13ClO2S2/c1-10-13(21)6-7-14-16(10)17-11(8-23-14)9-24-20-18(17)19(22)12-4-2-3-5-15(12)25-20/h2-7,9,17H,8H2,1H3. The van der Waals surface area contributed by atoms with Crippen molar-refractivity contribution in [3.63, 3.8) is 0 Å². The van der Waals surface area contributed by atoms with Crippen LogP contribution >= 0.6 is 34.7 Å². The van der Waals surface area contributed by atoms with Crippen molar-refractivity contribution in [1.29, 1.82) is 0 Å². The lowest BCUT2D eigenvalue weighted by Crippen LogP contribution is -2.26. The molecule has 25 heavy (non-hydrogen) atoms. The number of fused-ring (bicyclic) bond motifs is 6. The molecule has 2 aliphatic heterocycles. The monoisotopic (exact) mass is 384 g/mol. The van der Waals surface area contributed by atoms with Crippen LogP contribution in [-0.2, 0) is 0 Å². The van der Waals surface area contributed by atoms with E-state index in [9.17, 15) is 4.79 Å². The predicted molar refractivity (Wildman–Crippen MR) is 106 cm³/mol. The first-order valence-electron chi connectivity index (χ1n) is 7.98. The quantitative estimate of drug-likeness (QED) is 0.494. The van der Waals surface area contributed by atoms with Gasteiger partial charge >= 0.3 is 0 Å². The molecule has 0 saturated carbocycles. The summed E-state index contributed by atoms with van der Waals surface area (Å²) in [4.78, 5) is 13.3. The summed E-state index contributed by atoms with van der Waals surface area (Å²) in [5.41, 5.74) is 4.16. The predicted octanol–water partition coefficient (Wildman–Crippen LogP) is 5.74. The van der Waals surface area contributed by atoms with Crippen LogP contribution in [0.25, 0.3) is 10.1 Å². The first-order chi connectivity index (χ1) is 12.1. The minimum Gasteiger partial charge on any atom is -0.489 e. The van der Waals surface area contributed by atoms with Crippen molar-refractivity contribution in [2.24, 2.45) is 0 Å². The topological polar surface area (TPSA) is 26.3 Å². The van der Waals surface area contributed by atoms with Gasteiger partial charge in [0.2, 0.25) is 0 Å². The Morgan fingerprint density at radius 3 is 2.88 bits per heavy atom. The third-order valence-electron chi connectivity index (χ3n) is 4.87. The van der Waals surface area contributed by atoms with Gasteiger partial charge in [0.05, 0.1) is 4.21 Å². The zero-order valence-electron chi connectivity index (χ0n) is 13.3. The molecule has 3 aromatic rings. The Hall–Kier alpha value is -1.75. The second-order valence-corrected chi connectivity index (χ2v) is 8.84. The Bertz CT molecular complexity index is 1130. The fraction of sp³-hybridized carbons (Fsp3) is 0.150. The lowest BCUT2D eigenvalue weighted by molar-refractivity contribution is 0.324. The zero-order chi connectivity index (χ0) is 17.1. The molecule has 0 N–H and O–H groups in total. The molecule has 0 saturated heterocycles. The molecule has 1 aromatic heterocycles. The highest BCUT2D eigenvalue weighted by molar-refractivity contribution is 8.04. The smallest absolute Gasteiger partial charge is 0.193 e. The number of ether oxygens (including phenoxy) is 1. The fourth-order valence-corrected chi connectivity index (χ4v) is 6.13. The second-order valence-electron chi connectivity index (χ2n) is 6.24. The maximum absolute atomic E-state index is 13.3. The number of thioether (sulfide) groups is 1. The Morgan fingerprint density at radius 1 is 1.16 bits per heavy atom. The van der Waals surface area contributed by atoms with Gasteiger partial charge in [-0.2, -0.15) is 0 Å². The van der Waals surface area contributed by atoms with E-state index in [0.29, 0.717) is 11.6 Å². The molecule has 0 radical (unpaired) electrons. The van der Waals surface area contributed by atoms with Crippen LogP contribution in [0.5, 0.6) is 5.75 Å². The van der Waals surface area contributed by atoms with Gasteiger partial charge in [-0.05, 0) is 47.7 Å². The van der Waals surface area contributed by atoms with E-state index in [1.807, 2.05) is 43.3 Å². The number of hydrogen-bond donors (Lipinski definition) is 0. The van der Waals surface area contributed by atoms with Gasteiger partial charge in [0, 0.05) is 32.2 Å². The molecule has 3 heterocycles. The molecule has 5 heteroatoms. The molecule has 2 aromatic carbocycles. The van der Waals surface area contributed by atoms with Crippen molar-refractivity contribution < 1.29 is 4.74 Å². The Balaban J connectivity index is 1.87. The largest absolute Gasteiger partial charge is 0.489 e. The molecule has 1 atom stereocenters. The summed E-state index contributed by atoms with van der Waals surface area (Å²) in [5.74, 6) is 0.770. The molecule has 1 unspecified atom stereocenters. The van der Waals surface area contributed by atoms with Crippen LogP contribution in [0.4, 0.5) is 0 Å². The van der Waals surface area contributed by atoms with Crippen molar-refractivity contribution in [1.82, 2.24) is 0 Å². The average Bonchev–Trinajstić information content (AvgIpc) is 2.64. The summed E-state index contributed by atoms with van der Waals surface area (Å²) >= 11 is 9.70. The summed E-state index contributed by atoms with van der Waals surface area (Å²) in [6, 6.07) is 11.6. The van der Waals surface area contributed by atoms with E-state index in [0.717, 1.165) is 42.3 Å². The maximum atomic E-state index is 13.3. The highest BCUT2D eigenvalue weighted by Gasteiger charge is 2.36. The molecular formula is C20H13ClO2S2. The third kappa shape index (κ3) is 2.21. The van der Waals surface area contributed by atoms with Gasteiger partial charge in [-0.15, -0.1) is 11.3 Å². The minimum absolute atomic E-state index is 0.0629. The molecule has 0 amide bonds. The molecule has 0 spiro atoms. The second kappa shape index (κ2) is 5.63. The summed E-state index contributed by atoms with van der Waals surface area (Å²) in [6.07, 6.45) is 0. The highest BCUT2D eigenvalue weighted by Crippen LogP contribution is 2.51. The van der Waals surface area contributed by atoms with Gasteiger partial charge in [0.1, 0.15) is 12.4 Å². The maximum Gasteiger partial charge on any atom is 0.193 e. The molecule has 0 aliphatic carbocycles. The Morgan fingerprint density at radius 2 is 2.00 bits per heavy atom. The minimum atomic E-state index is -0.0629. The number of halogens is 1. The van der Waals surface area contributed by atoms with E-state index < -0.39 is 0 Å². The van der Waals surface area contributed by atoms with Crippen molar-refractivity contribution in [2.45, 2.75) is 17.1 Å². The Labute approximate surface area is 158 Å². The lowest BCUT2D eigenvalue weighted by Gasteiger charge is -2.33. The SMILES string of the molecule is Cc1c(Cl)ccc2c1C1C(=CSc3sc4ccccc4c(=O)c31)CO2. The van der Waals surface area contributed by atoms with Crippen molar-refractivity contribution in [3.05, 3.63) is 79.3 Å². The third-order valence-corrected chi connectivity index (χ3v) is 7.65. The summed E-state index contributed by atoms with van der Waals surface area (Å²) < 4.78 is 8.04. The summed E-state index contributed by atoms with van der Waals surface area (Å²) in [7, 11) is 0. The lowest BCUT2D eigenvalue weighted by atomic mass is 9.82.